The first kappa shape index (κ1) is 17.6. The topological polar surface area (TPSA) is 79.3 Å². The lowest BCUT2D eigenvalue weighted by Crippen LogP contribution is -2.11. The highest BCUT2D eigenvalue weighted by atomic mass is 35.5. The van der Waals surface area contributed by atoms with Crippen molar-refractivity contribution in [2.75, 3.05) is 5.32 Å². The number of amides is 1. The number of aromatic nitrogens is 1. The SMILES string of the molecule is CC(=O)Nc1cc(-c2ccc(Cl)c(C3CC3)c2F)nc(C(=O)O)c1Cl. The molecule has 1 aliphatic carbocycles. The molecule has 0 spiro atoms. The number of rotatable bonds is 4. The Balaban J connectivity index is 2.20. The second-order valence-corrected chi connectivity index (χ2v) is 6.59. The number of carbonyl (C=O) groups is 2. The van der Waals surface area contributed by atoms with Crippen LogP contribution in [0.15, 0.2) is 18.2 Å². The molecular weight excluding hydrogens is 370 g/mol. The van der Waals surface area contributed by atoms with Crippen molar-refractivity contribution in [3.05, 3.63) is 45.3 Å². The molecule has 1 heterocycles. The van der Waals surface area contributed by atoms with Crippen molar-refractivity contribution in [2.24, 2.45) is 0 Å². The van der Waals surface area contributed by atoms with Crippen LogP contribution < -0.4 is 5.32 Å². The number of pyridine rings is 1. The number of nitrogens with one attached hydrogen (secondary N) is 1. The smallest absolute Gasteiger partial charge is 0.356 e. The van der Waals surface area contributed by atoms with E-state index in [1.807, 2.05) is 0 Å². The van der Waals surface area contributed by atoms with Gasteiger partial charge in [-0.1, -0.05) is 23.2 Å². The third-order valence-electron chi connectivity index (χ3n) is 3.86. The van der Waals surface area contributed by atoms with Gasteiger partial charge in [0.15, 0.2) is 5.69 Å². The van der Waals surface area contributed by atoms with Crippen LogP contribution in [0, 0.1) is 5.82 Å². The van der Waals surface area contributed by atoms with Gasteiger partial charge in [-0.2, -0.15) is 0 Å². The maximum atomic E-state index is 14.9. The van der Waals surface area contributed by atoms with Crippen LogP contribution in [0.2, 0.25) is 10.0 Å². The summed E-state index contributed by atoms with van der Waals surface area (Å²) in [6.07, 6.45) is 1.71. The fourth-order valence-corrected chi connectivity index (χ4v) is 3.13. The molecule has 8 heteroatoms. The number of nitrogens with zero attached hydrogens (tertiary/aromatic N) is 1. The molecule has 2 aromatic rings. The van der Waals surface area contributed by atoms with Crippen molar-refractivity contribution in [3.63, 3.8) is 0 Å². The summed E-state index contributed by atoms with van der Waals surface area (Å²) < 4.78 is 14.9. The molecule has 0 aliphatic heterocycles. The fourth-order valence-electron chi connectivity index (χ4n) is 2.60. The Morgan fingerprint density at radius 1 is 1.32 bits per heavy atom. The van der Waals surface area contributed by atoms with Crippen LogP contribution >= 0.6 is 23.2 Å². The molecule has 0 bridgehead atoms. The molecule has 5 nitrogen and oxygen atoms in total. The number of benzene rings is 1. The first-order valence-corrected chi connectivity index (χ1v) is 8.25. The van der Waals surface area contributed by atoms with E-state index in [0.29, 0.717) is 10.6 Å². The van der Waals surface area contributed by atoms with Crippen molar-refractivity contribution < 1.29 is 19.1 Å². The highest BCUT2D eigenvalue weighted by Crippen LogP contribution is 2.46. The van der Waals surface area contributed by atoms with Crippen LogP contribution in [-0.2, 0) is 4.79 Å². The van der Waals surface area contributed by atoms with Gasteiger partial charge in [-0.15, -0.1) is 0 Å². The van der Waals surface area contributed by atoms with Crippen molar-refractivity contribution in [2.45, 2.75) is 25.7 Å². The summed E-state index contributed by atoms with van der Waals surface area (Å²) in [7, 11) is 0. The number of hydrogen-bond donors (Lipinski definition) is 2. The van der Waals surface area contributed by atoms with Crippen LogP contribution in [-0.4, -0.2) is 22.0 Å². The average Bonchev–Trinajstić information content (AvgIpc) is 3.33. The molecule has 0 atom stereocenters. The van der Waals surface area contributed by atoms with Gasteiger partial charge in [0.1, 0.15) is 5.82 Å². The summed E-state index contributed by atoms with van der Waals surface area (Å²) in [6, 6.07) is 4.34. The van der Waals surface area contributed by atoms with Crippen molar-refractivity contribution in [1.82, 2.24) is 4.98 Å². The monoisotopic (exact) mass is 382 g/mol. The second kappa shape index (κ2) is 6.61. The molecule has 1 saturated carbocycles. The number of hydrogen-bond acceptors (Lipinski definition) is 3. The zero-order valence-corrected chi connectivity index (χ0v) is 14.6. The zero-order valence-electron chi connectivity index (χ0n) is 13.1. The Labute approximate surface area is 152 Å². The lowest BCUT2D eigenvalue weighted by Gasteiger charge is -2.13. The van der Waals surface area contributed by atoms with Crippen LogP contribution in [0.4, 0.5) is 10.1 Å². The van der Waals surface area contributed by atoms with Crippen molar-refractivity contribution >= 4 is 40.8 Å². The van der Waals surface area contributed by atoms with E-state index < -0.39 is 23.4 Å². The number of carbonyl (C=O) groups excluding carboxylic acids is 1. The molecule has 130 valence electrons. The van der Waals surface area contributed by atoms with E-state index in [1.54, 1.807) is 6.07 Å². The quantitative estimate of drug-likeness (QED) is 0.800. The van der Waals surface area contributed by atoms with Gasteiger partial charge in [0, 0.05) is 23.1 Å². The largest absolute Gasteiger partial charge is 0.476 e. The van der Waals surface area contributed by atoms with Gasteiger partial charge in [-0.3, -0.25) is 4.79 Å². The molecule has 1 amide bonds. The van der Waals surface area contributed by atoms with Gasteiger partial charge in [-0.25, -0.2) is 14.2 Å². The summed E-state index contributed by atoms with van der Waals surface area (Å²) in [4.78, 5) is 26.7. The maximum Gasteiger partial charge on any atom is 0.356 e. The number of anilines is 1. The third kappa shape index (κ3) is 3.45. The predicted octanol–water partition coefficient (Wildman–Crippen LogP) is 4.73. The molecule has 1 aromatic heterocycles. The van der Waals surface area contributed by atoms with Crippen LogP contribution in [0.5, 0.6) is 0 Å². The summed E-state index contributed by atoms with van der Waals surface area (Å²) in [5.74, 6) is -2.29. The van der Waals surface area contributed by atoms with E-state index in [9.17, 15) is 19.1 Å². The number of carboxylic acids is 1. The first-order chi connectivity index (χ1) is 11.8. The van der Waals surface area contributed by atoms with E-state index in [1.165, 1.54) is 19.1 Å². The third-order valence-corrected chi connectivity index (χ3v) is 4.57. The average molecular weight is 383 g/mol. The lowest BCUT2D eigenvalue weighted by atomic mass is 10.0. The van der Waals surface area contributed by atoms with Crippen molar-refractivity contribution in [1.29, 1.82) is 0 Å². The Bertz CT molecular complexity index is 898. The minimum atomic E-state index is -1.38. The number of halogens is 3. The molecule has 1 aromatic carbocycles. The van der Waals surface area contributed by atoms with E-state index >= 15 is 0 Å². The van der Waals surface area contributed by atoms with Gasteiger partial charge < -0.3 is 10.4 Å². The normalized spacial score (nSPS) is 13.6. The molecular formula is C17H13Cl2FN2O3. The molecule has 1 aliphatic rings. The van der Waals surface area contributed by atoms with Gasteiger partial charge in [0.2, 0.25) is 5.91 Å². The molecule has 0 saturated heterocycles. The summed E-state index contributed by atoms with van der Waals surface area (Å²) >= 11 is 12.1. The summed E-state index contributed by atoms with van der Waals surface area (Å²) in [5.41, 5.74) is 0.164. The molecule has 2 N–H and O–H groups in total. The highest BCUT2D eigenvalue weighted by Gasteiger charge is 2.31. The zero-order chi connectivity index (χ0) is 18.3. The van der Waals surface area contributed by atoms with E-state index in [0.717, 1.165) is 12.8 Å². The second-order valence-electron chi connectivity index (χ2n) is 5.80. The van der Waals surface area contributed by atoms with E-state index in [2.05, 4.69) is 10.3 Å². The molecule has 25 heavy (non-hydrogen) atoms. The Hall–Kier alpha value is -2.18. The van der Waals surface area contributed by atoms with Crippen LogP contribution in [0.3, 0.4) is 0 Å². The Morgan fingerprint density at radius 3 is 2.56 bits per heavy atom. The standard InChI is InChI=1S/C17H13Cl2FN2O3/c1-7(23)21-12-6-11(22-16(14(12)19)17(24)25)9-4-5-10(18)13(15(9)20)8-2-3-8/h4-6,8H,2-3H2,1H3,(H,24,25)(H,21,22,23). The van der Waals surface area contributed by atoms with Crippen molar-refractivity contribution in [3.8, 4) is 11.3 Å². The Kier molecular flexibility index (Phi) is 4.67. The lowest BCUT2D eigenvalue weighted by molar-refractivity contribution is -0.114. The van der Waals surface area contributed by atoms with Crippen LogP contribution in [0.25, 0.3) is 11.3 Å². The first-order valence-electron chi connectivity index (χ1n) is 7.49. The Morgan fingerprint density at radius 2 is 2.00 bits per heavy atom. The summed E-state index contributed by atoms with van der Waals surface area (Å²) in [5, 5.41) is 11.8. The highest BCUT2D eigenvalue weighted by molar-refractivity contribution is 6.36. The molecule has 3 rings (SSSR count). The minimum Gasteiger partial charge on any atom is -0.476 e. The number of aromatic carboxylic acids is 1. The predicted molar refractivity (Wildman–Crippen MR) is 92.9 cm³/mol. The van der Waals surface area contributed by atoms with Gasteiger partial charge in [-0.05, 0) is 37.0 Å². The molecule has 1 fully saturated rings. The van der Waals surface area contributed by atoms with Crippen LogP contribution in [0.1, 0.15) is 41.7 Å². The number of carboxylic acid groups (broad SMARTS) is 1. The summed E-state index contributed by atoms with van der Waals surface area (Å²) in [6.45, 7) is 1.25. The van der Waals surface area contributed by atoms with Gasteiger partial charge in [0.05, 0.1) is 16.4 Å². The van der Waals surface area contributed by atoms with E-state index in [-0.39, 0.29) is 27.9 Å². The van der Waals surface area contributed by atoms with E-state index in [4.69, 9.17) is 23.2 Å². The van der Waals surface area contributed by atoms with Gasteiger partial charge in [0.25, 0.3) is 0 Å². The van der Waals surface area contributed by atoms with Gasteiger partial charge >= 0.3 is 5.97 Å². The molecule has 0 unspecified atom stereocenters. The maximum absolute atomic E-state index is 14.9. The molecule has 0 radical (unpaired) electrons. The minimum absolute atomic E-state index is 0.0545. The fraction of sp³-hybridized carbons (Fsp3) is 0.235.